The number of thioether (sulfide) groups is 1. The van der Waals surface area contributed by atoms with Crippen molar-refractivity contribution in [2.45, 2.75) is 17.8 Å². The average molecular weight is 306 g/mol. The minimum Gasteiger partial charge on any atom is -0.486 e. The fourth-order valence-corrected chi connectivity index (χ4v) is 2.99. The fourth-order valence-electron chi connectivity index (χ4n) is 2.10. The average Bonchev–Trinajstić information content (AvgIpc) is 2.86. The SMILES string of the molecule is CNCc1nnc(SCC2COc3ccccc3O2)n1C. The molecule has 7 heteroatoms. The summed E-state index contributed by atoms with van der Waals surface area (Å²) in [5.41, 5.74) is 0. The Morgan fingerprint density at radius 2 is 2.14 bits per heavy atom. The van der Waals surface area contributed by atoms with Crippen LogP contribution in [0.4, 0.5) is 0 Å². The molecule has 1 aromatic heterocycles. The molecule has 2 heterocycles. The van der Waals surface area contributed by atoms with Crippen LogP contribution < -0.4 is 14.8 Å². The Morgan fingerprint density at radius 1 is 1.33 bits per heavy atom. The van der Waals surface area contributed by atoms with E-state index in [0.29, 0.717) is 13.2 Å². The van der Waals surface area contributed by atoms with E-state index < -0.39 is 0 Å². The summed E-state index contributed by atoms with van der Waals surface area (Å²) in [6, 6.07) is 7.75. The van der Waals surface area contributed by atoms with Crippen molar-refractivity contribution in [3.63, 3.8) is 0 Å². The Bertz CT molecular complexity index is 617. The molecule has 1 atom stereocenters. The number of nitrogens with zero attached hydrogens (tertiary/aromatic N) is 3. The van der Waals surface area contributed by atoms with Gasteiger partial charge in [0.2, 0.25) is 0 Å². The molecular weight excluding hydrogens is 288 g/mol. The molecule has 0 fully saturated rings. The molecule has 1 aliphatic heterocycles. The lowest BCUT2D eigenvalue weighted by molar-refractivity contribution is 0.107. The van der Waals surface area contributed by atoms with Crippen molar-refractivity contribution in [2.75, 3.05) is 19.4 Å². The van der Waals surface area contributed by atoms with Gasteiger partial charge in [-0.2, -0.15) is 0 Å². The van der Waals surface area contributed by atoms with Gasteiger partial charge >= 0.3 is 0 Å². The maximum atomic E-state index is 5.93. The molecule has 0 radical (unpaired) electrons. The molecule has 6 nitrogen and oxygen atoms in total. The van der Waals surface area contributed by atoms with Crippen LogP contribution in [0.15, 0.2) is 29.4 Å². The van der Waals surface area contributed by atoms with Gasteiger partial charge in [0, 0.05) is 12.8 Å². The second-order valence-electron chi connectivity index (χ2n) is 4.80. The monoisotopic (exact) mass is 306 g/mol. The number of para-hydroxylation sites is 2. The Balaban J connectivity index is 1.59. The zero-order chi connectivity index (χ0) is 14.7. The molecule has 0 saturated heterocycles. The molecule has 0 aliphatic carbocycles. The van der Waals surface area contributed by atoms with Crippen LogP contribution in [0.5, 0.6) is 11.5 Å². The van der Waals surface area contributed by atoms with Crippen LogP contribution in [0.1, 0.15) is 5.82 Å². The van der Waals surface area contributed by atoms with Gasteiger partial charge in [-0.05, 0) is 19.2 Å². The van der Waals surface area contributed by atoms with Crippen LogP contribution in [0, 0.1) is 0 Å². The zero-order valence-electron chi connectivity index (χ0n) is 12.1. The number of aromatic nitrogens is 3. The molecule has 2 aromatic rings. The van der Waals surface area contributed by atoms with Crippen LogP contribution in [-0.2, 0) is 13.6 Å². The van der Waals surface area contributed by atoms with Gasteiger partial charge in [-0.1, -0.05) is 23.9 Å². The van der Waals surface area contributed by atoms with E-state index in [0.717, 1.165) is 28.2 Å². The molecular formula is C14H18N4O2S. The van der Waals surface area contributed by atoms with E-state index in [-0.39, 0.29) is 6.10 Å². The normalized spacial score (nSPS) is 17.0. The molecule has 3 rings (SSSR count). The van der Waals surface area contributed by atoms with Crippen LogP contribution >= 0.6 is 11.8 Å². The van der Waals surface area contributed by atoms with Crippen molar-refractivity contribution >= 4 is 11.8 Å². The predicted molar refractivity (Wildman–Crippen MR) is 80.8 cm³/mol. The first-order chi connectivity index (χ1) is 10.3. The van der Waals surface area contributed by atoms with Gasteiger partial charge in [0.15, 0.2) is 16.7 Å². The summed E-state index contributed by atoms with van der Waals surface area (Å²) >= 11 is 1.63. The molecule has 1 N–H and O–H groups in total. The minimum absolute atomic E-state index is 0.0225. The first-order valence-electron chi connectivity index (χ1n) is 6.82. The van der Waals surface area contributed by atoms with E-state index in [9.17, 15) is 0 Å². The first-order valence-corrected chi connectivity index (χ1v) is 7.80. The lowest BCUT2D eigenvalue weighted by Crippen LogP contribution is -2.31. The third kappa shape index (κ3) is 3.14. The Morgan fingerprint density at radius 3 is 2.95 bits per heavy atom. The number of ether oxygens (including phenoxy) is 2. The summed E-state index contributed by atoms with van der Waals surface area (Å²) in [5, 5.41) is 12.3. The summed E-state index contributed by atoms with van der Waals surface area (Å²) < 4.78 is 13.6. The molecule has 0 spiro atoms. The van der Waals surface area contributed by atoms with Crippen molar-refractivity contribution in [3.05, 3.63) is 30.1 Å². The Hall–Kier alpha value is -1.73. The van der Waals surface area contributed by atoms with Gasteiger partial charge in [-0.15, -0.1) is 10.2 Å². The number of hydrogen-bond acceptors (Lipinski definition) is 6. The smallest absolute Gasteiger partial charge is 0.191 e. The highest BCUT2D eigenvalue weighted by Gasteiger charge is 2.21. The minimum atomic E-state index is 0.0225. The number of hydrogen-bond donors (Lipinski definition) is 1. The lowest BCUT2D eigenvalue weighted by atomic mass is 10.3. The Kier molecular flexibility index (Phi) is 4.31. The van der Waals surface area contributed by atoms with E-state index >= 15 is 0 Å². The second kappa shape index (κ2) is 6.36. The standard InChI is InChI=1S/C14H18N4O2S/c1-15-7-13-16-17-14(18(13)2)21-9-10-8-19-11-5-3-4-6-12(11)20-10/h3-6,10,15H,7-9H2,1-2H3. The third-order valence-electron chi connectivity index (χ3n) is 3.23. The number of benzene rings is 1. The summed E-state index contributed by atoms with van der Waals surface area (Å²) in [6.45, 7) is 1.27. The number of fused-ring (bicyclic) bond motifs is 1. The first kappa shape index (κ1) is 14.2. The zero-order valence-corrected chi connectivity index (χ0v) is 12.9. The summed E-state index contributed by atoms with van der Waals surface area (Å²) in [6.07, 6.45) is 0.0225. The van der Waals surface area contributed by atoms with E-state index in [1.807, 2.05) is 42.9 Å². The van der Waals surface area contributed by atoms with Gasteiger partial charge in [0.25, 0.3) is 0 Å². The summed E-state index contributed by atoms with van der Waals surface area (Å²) in [5.74, 6) is 3.32. The molecule has 1 aliphatic rings. The highest BCUT2D eigenvalue weighted by Crippen LogP contribution is 2.32. The Labute approximate surface area is 127 Å². The van der Waals surface area contributed by atoms with Crippen LogP contribution in [0.25, 0.3) is 0 Å². The fraction of sp³-hybridized carbons (Fsp3) is 0.429. The molecule has 0 bridgehead atoms. The second-order valence-corrected chi connectivity index (χ2v) is 5.78. The van der Waals surface area contributed by atoms with E-state index in [4.69, 9.17) is 9.47 Å². The molecule has 1 aromatic carbocycles. The predicted octanol–water partition coefficient (Wildman–Crippen LogP) is 1.47. The third-order valence-corrected chi connectivity index (χ3v) is 4.38. The van der Waals surface area contributed by atoms with Crippen molar-refractivity contribution in [2.24, 2.45) is 7.05 Å². The summed E-state index contributed by atoms with van der Waals surface area (Å²) in [7, 11) is 3.87. The highest BCUT2D eigenvalue weighted by molar-refractivity contribution is 7.99. The highest BCUT2D eigenvalue weighted by atomic mass is 32.2. The quantitative estimate of drug-likeness (QED) is 0.844. The van der Waals surface area contributed by atoms with Crippen molar-refractivity contribution < 1.29 is 9.47 Å². The summed E-state index contributed by atoms with van der Waals surface area (Å²) in [4.78, 5) is 0. The topological polar surface area (TPSA) is 61.2 Å². The molecule has 1 unspecified atom stereocenters. The van der Waals surface area contributed by atoms with Gasteiger partial charge in [-0.3, -0.25) is 0 Å². The largest absolute Gasteiger partial charge is 0.486 e. The lowest BCUT2D eigenvalue weighted by Gasteiger charge is -2.25. The van der Waals surface area contributed by atoms with E-state index in [1.54, 1.807) is 11.8 Å². The van der Waals surface area contributed by atoms with Crippen molar-refractivity contribution in [1.29, 1.82) is 0 Å². The van der Waals surface area contributed by atoms with Gasteiger partial charge in [-0.25, -0.2) is 0 Å². The molecule has 0 amide bonds. The van der Waals surface area contributed by atoms with E-state index in [1.165, 1.54) is 0 Å². The molecule has 21 heavy (non-hydrogen) atoms. The molecule has 0 saturated carbocycles. The van der Waals surface area contributed by atoms with Crippen LogP contribution in [0.2, 0.25) is 0 Å². The van der Waals surface area contributed by atoms with Gasteiger partial charge in [0.1, 0.15) is 18.5 Å². The molecule has 112 valence electrons. The van der Waals surface area contributed by atoms with Gasteiger partial charge < -0.3 is 19.4 Å². The van der Waals surface area contributed by atoms with Crippen molar-refractivity contribution in [3.8, 4) is 11.5 Å². The van der Waals surface area contributed by atoms with Crippen LogP contribution in [0.3, 0.4) is 0 Å². The van der Waals surface area contributed by atoms with Crippen molar-refractivity contribution in [1.82, 2.24) is 20.1 Å². The van der Waals surface area contributed by atoms with E-state index in [2.05, 4.69) is 15.5 Å². The maximum absolute atomic E-state index is 5.93. The maximum Gasteiger partial charge on any atom is 0.191 e. The number of rotatable bonds is 5. The van der Waals surface area contributed by atoms with Crippen LogP contribution in [-0.4, -0.2) is 40.3 Å². The number of nitrogens with one attached hydrogen (secondary N) is 1. The van der Waals surface area contributed by atoms with Gasteiger partial charge in [0.05, 0.1) is 6.54 Å².